The Morgan fingerprint density at radius 3 is 2.50 bits per heavy atom. The van der Waals surface area contributed by atoms with Crippen molar-refractivity contribution in [3.63, 3.8) is 0 Å². The fraction of sp³-hybridized carbons (Fsp3) is 0.250. The number of benzene rings is 2. The summed E-state index contributed by atoms with van der Waals surface area (Å²) in [5, 5.41) is 6.19. The smallest absolute Gasteiger partial charge is 0.244 e. The van der Waals surface area contributed by atoms with Gasteiger partial charge in [0.15, 0.2) is 0 Å². The van der Waals surface area contributed by atoms with Gasteiger partial charge in [0.05, 0.1) is 6.61 Å². The molecule has 0 aliphatic heterocycles. The summed E-state index contributed by atoms with van der Waals surface area (Å²) in [6.07, 6.45) is 4.23. The summed E-state index contributed by atoms with van der Waals surface area (Å²) in [6, 6.07) is 17.7. The quantitative estimate of drug-likeness (QED) is 0.546. The largest absolute Gasteiger partial charge is 0.494 e. The van der Waals surface area contributed by atoms with E-state index in [1.54, 1.807) is 12.2 Å². The lowest BCUT2D eigenvalue weighted by Crippen LogP contribution is -2.23. The molecule has 0 saturated heterocycles. The van der Waals surface area contributed by atoms with Crippen LogP contribution in [0, 0.1) is 0 Å². The van der Waals surface area contributed by atoms with Crippen LogP contribution in [0.25, 0.3) is 6.08 Å². The molecular formula is C20H24N2O2. The molecular weight excluding hydrogens is 300 g/mol. The van der Waals surface area contributed by atoms with Gasteiger partial charge in [0, 0.05) is 24.9 Å². The van der Waals surface area contributed by atoms with E-state index < -0.39 is 0 Å². The zero-order valence-electron chi connectivity index (χ0n) is 14.0. The molecule has 2 rings (SSSR count). The van der Waals surface area contributed by atoms with E-state index in [2.05, 4.69) is 10.6 Å². The molecule has 0 fully saturated rings. The van der Waals surface area contributed by atoms with Crippen molar-refractivity contribution in [1.82, 2.24) is 5.32 Å². The van der Waals surface area contributed by atoms with Crippen LogP contribution in [0.3, 0.4) is 0 Å². The Morgan fingerprint density at radius 1 is 1.04 bits per heavy atom. The van der Waals surface area contributed by atoms with Gasteiger partial charge in [-0.3, -0.25) is 4.79 Å². The molecule has 126 valence electrons. The Kier molecular flexibility index (Phi) is 7.41. The van der Waals surface area contributed by atoms with Crippen molar-refractivity contribution < 1.29 is 9.53 Å². The van der Waals surface area contributed by atoms with Gasteiger partial charge in [0.1, 0.15) is 5.75 Å². The maximum atomic E-state index is 11.8. The first-order chi connectivity index (χ1) is 11.8. The molecule has 2 aromatic rings. The van der Waals surface area contributed by atoms with Crippen molar-refractivity contribution in [2.24, 2.45) is 0 Å². The van der Waals surface area contributed by atoms with E-state index in [1.807, 2.05) is 61.5 Å². The molecule has 2 N–H and O–H groups in total. The normalized spacial score (nSPS) is 10.5. The first-order valence-corrected chi connectivity index (χ1v) is 8.25. The minimum Gasteiger partial charge on any atom is -0.494 e. The highest BCUT2D eigenvalue weighted by Crippen LogP contribution is 2.12. The second kappa shape index (κ2) is 10.1. The van der Waals surface area contributed by atoms with Crippen molar-refractivity contribution in [2.75, 3.05) is 25.0 Å². The van der Waals surface area contributed by atoms with Crippen LogP contribution in [0.5, 0.6) is 5.75 Å². The fourth-order valence-electron chi connectivity index (χ4n) is 2.16. The number of hydrogen-bond donors (Lipinski definition) is 2. The topological polar surface area (TPSA) is 50.4 Å². The molecule has 0 radical (unpaired) electrons. The van der Waals surface area contributed by atoms with Crippen molar-refractivity contribution in [2.45, 2.75) is 13.3 Å². The minimum absolute atomic E-state index is 0.0800. The second-order valence-corrected chi connectivity index (χ2v) is 5.27. The SMILES string of the molecule is CCOc1ccc(/C=C/C(=O)NCCCNc2ccccc2)cc1. The van der Waals surface area contributed by atoms with E-state index in [4.69, 9.17) is 4.74 Å². The number of anilines is 1. The summed E-state index contributed by atoms with van der Waals surface area (Å²) in [5.74, 6) is 0.758. The van der Waals surface area contributed by atoms with Gasteiger partial charge in [-0.2, -0.15) is 0 Å². The van der Waals surface area contributed by atoms with Gasteiger partial charge < -0.3 is 15.4 Å². The van der Waals surface area contributed by atoms with Gasteiger partial charge in [-0.1, -0.05) is 30.3 Å². The monoisotopic (exact) mass is 324 g/mol. The molecule has 0 bridgehead atoms. The van der Waals surface area contributed by atoms with Crippen LogP contribution in [0.1, 0.15) is 18.9 Å². The van der Waals surface area contributed by atoms with Gasteiger partial charge in [0.25, 0.3) is 0 Å². The number of carbonyl (C=O) groups is 1. The molecule has 0 aliphatic carbocycles. The Morgan fingerprint density at radius 2 is 1.79 bits per heavy atom. The molecule has 24 heavy (non-hydrogen) atoms. The van der Waals surface area contributed by atoms with Crippen LogP contribution in [-0.2, 0) is 4.79 Å². The van der Waals surface area contributed by atoms with Gasteiger partial charge in [-0.25, -0.2) is 0 Å². The molecule has 0 atom stereocenters. The third-order valence-corrected chi connectivity index (χ3v) is 3.37. The summed E-state index contributed by atoms with van der Waals surface area (Å²) < 4.78 is 5.39. The molecule has 0 aliphatic rings. The highest BCUT2D eigenvalue weighted by Gasteiger charge is 1.96. The van der Waals surface area contributed by atoms with Crippen LogP contribution in [0.2, 0.25) is 0 Å². The van der Waals surface area contributed by atoms with Crippen LogP contribution in [-0.4, -0.2) is 25.6 Å². The molecule has 0 unspecified atom stereocenters. The van der Waals surface area contributed by atoms with E-state index in [0.717, 1.165) is 30.0 Å². The zero-order chi connectivity index (χ0) is 17.0. The third-order valence-electron chi connectivity index (χ3n) is 3.37. The number of amides is 1. The van der Waals surface area contributed by atoms with Gasteiger partial charge in [0.2, 0.25) is 5.91 Å². The van der Waals surface area contributed by atoms with E-state index in [1.165, 1.54) is 0 Å². The average molecular weight is 324 g/mol. The summed E-state index contributed by atoms with van der Waals surface area (Å²) in [5.41, 5.74) is 2.07. The lowest BCUT2D eigenvalue weighted by molar-refractivity contribution is -0.116. The molecule has 0 saturated carbocycles. The molecule has 0 heterocycles. The lowest BCUT2D eigenvalue weighted by Gasteiger charge is -2.06. The van der Waals surface area contributed by atoms with Gasteiger partial charge in [-0.05, 0) is 49.2 Å². The van der Waals surface area contributed by atoms with Crippen molar-refractivity contribution >= 4 is 17.7 Å². The van der Waals surface area contributed by atoms with Crippen molar-refractivity contribution in [3.8, 4) is 5.75 Å². The number of para-hydroxylation sites is 1. The maximum absolute atomic E-state index is 11.8. The summed E-state index contributed by atoms with van der Waals surface area (Å²) in [6.45, 7) is 4.07. The highest BCUT2D eigenvalue weighted by molar-refractivity contribution is 5.91. The predicted molar refractivity (Wildman–Crippen MR) is 99.2 cm³/mol. The van der Waals surface area contributed by atoms with Crippen molar-refractivity contribution in [3.05, 3.63) is 66.2 Å². The minimum atomic E-state index is -0.0800. The Balaban J connectivity index is 1.63. The number of hydrogen-bond acceptors (Lipinski definition) is 3. The zero-order valence-corrected chi connectivity index (χ0v) is 14.0. The second-order valence-electron chi connectivity index (χ2n) is 5.27. The highest BCUT2D eigenvalue weighted by atomic mass is 16.5. The number of carbonyl (C=O) groups excluding carboxylic acids is 1. The van der Waals surface area contributed by atoms with Gasteiger partial charge in [-0.15, -0.1) is 0 Å². The van der Waals surface area contributed by atoms with E-state index in [-0.39, 0.29) is 5.91 Å². The predicted octanol–water partition coefficient (Wildman–Crippen LogP) is 3.72. The maximum Gasteiger partial charge on any atom is 0.244 e. The lowest BCUT2D eigenvalue weighted by atomic mass is 10.2. The van der Waals surface area contributed by atoms with Crippen molar-refractivity contribution in [1.29, 1.82) is 0 Å². The van der Waals surface area contributed by atoms with Crippen LogP contribution >= 0.6 is 0 Å². The Hall–Kier alpha value is -2.75. The van der Waals surface area contributed by atoms with E-state index >= 15 is 0 Å². The molecule has 4 heteroatoms. The Bertz CT molecular complexity index is 636. The van der Waals surface area contributed by atoms with Crippen LogP contribution in [0.4, 0.5) is 5.69 Å². The molecule has 2 aromatic carbocycles. The fourth-order valence-corrected chi connectivity index (χ4v) is 2.16. The summed E-state index contributed by atoms with van der Waals surface area (Å²) in [4.78, 5) is 11.8. The first kappa shape index (κ1) is 17.6. The summed E-state index contributed by atoms with van der Waals surface area (Å²) >= 11 is 0. The number of nitrogens with one attached hydrogen (secondary N) is 2. The van der Waals surface area contributed by atoms with E-state index in [0.29, 0.717) is 13.2 Å². The van der Waals surface area contributed by atoms with Crippen LogP contribution < -0.4 is 15.4 Å². The average Bonchev–Trinajstić information content (AvgIpc) is 2.62. The molecule has 4 nitrogen and oxygen atoms in total. The third kappa shape index (κ3) is 6.57. The molecule has 0 aromatic heterocycles. The van der Waals surface area contributed by atoms with Crippen LogP contribution in [0.15, 0.2) is 60.7 Å². The summed E-state index contributed by atoms with van der Waals surface area (Å²) in [7, 11) is 0. The number of ether oxygens (including phenoxy) is 1. The van der Waals surface area contributed by atoms with E-state index in [9.17, 15) is 4.79 Å². The Labute approximate surface area is 143 Å². The number of rotatable bonds is 9. The molecule has 1 amide bonds. The standard InChI is InChI=1S/C20H24N2O2/c1-2-24-19-12-9-17(10-13-19)11-14-20(23)22-16-6-15-21-18-7-4-3-5-8-18/h3-5,7-14,21H,2,6,15-16H2,1H3,(H,22,23)/b14-11+. The first-order valence-electron chi connectivity index (χ1n) is 8.25. The molecule has 0 spiro atoms. The van der Waals surface area contributed by atoms with Gasteiger partial charge >= 0.3 is 0 Å².